The van der Waals surface area contributed by atoms with Crippen molar-refractivity contribution in [3.63, 3.8) is 0 Å². The number of rotatable bonds is 8. The van der Waals surface area contributed by atoms with Gasteiger partial charge in [0.05, 0.1) is 19.2 Å². The fourth-order valence-corrected chi connectivity index (χ4v) is 2.78. The van der Waals surface area contributed by atoms with Crippen LogP contribution in [0.15, 0.2) is 48.7 Å². The quantitative estimate of drug-likeness (QED) is 0.570. The Labute approximate surface area is 168 Å². The van der Waals surface area contributed by atoms with E-state index in [0.717, 1.165) is 5.75 Å². The fourth-order valence-electron chi connectivity index (χ4n) is 2.78. The van der Waals surface area contributed by atoms with Gasteiger partial charge in [0, 0.05) is 12.2 Å². The number of carbonyl (C=O) groups excluding carboxylic acids is 2. The van der Waals surface area contributed by atoms with Crippen LogP contribution in [0.1, 0.15) is 35.0 Å². The zero-order valence-electron chi connectivity index (χ0n) is 16.6. The van der Waals surface area contributed by atoms with Gasteiger partial charge in [0.15, 0.2) is 5.69 Å². The number of imidazole rings is 1. The molecule has 2 amide bonds. The highest BCUT2D eigenvalue weighted by atomic mass is 16.5. The summed E-state index contributed by atoms with van der Waals surface area (Å²) in [5, 5.41) is 5.58. The molecule has 0 saturated heterocycles. The van der Waals surface area contributed by atoms with E-state index in [2.05, 4.69) is 15.6 Å². The Morgan fingerprint density at radius 3 is 2.48 bits per heavy atom. The van der Waals surface area contributed by atoms with Crippen LogP contribution in [0.4, 0.5) is 0 Å². The Balaban J connectivity index is 1.65. The topological polar surface area (TPSA) is 94.0 Å². The van der Waals surface area contributed by atoms with Gasteiger partial charge in [-0.1, -0.05) is 6.07 Å². The van der Waals surface area contributed by atoms with Crippen molar-refractivity contribution < 1.29 is 19.1 Å². The molecule has 152 valence electrons. The third kappa shape index (κ3) is 4.84. The molecule has 1 aromatic carbocycles. The van der Waals surface area contributed by atoms with Gasteiger partial charge in [0.25, 0.3) is 11.8 Å². The van der Waals surface area contributed by atoms with E-state index in [0.29, 0.717) is 24.4 Å². The van der Waals surface area contributed by atoms with Crippen molar-refractivity contribution in [2.75, 3.05) is 20.3 Å². The summed E-state index contributed by atoms with van der Waals surface area (Å²) in [5.74, 6) is 0.905. The molecule has 3 rings (SSSR count). The van der Waals surface area contributed by atoms with Gasteiger partial charge in [-0.3, -0.25) is 14.0 Å². The molecule has 0 atom stereocenters. The number of nitrogens with one attached hydrogen (secondary N) is 2. The van der Waals surface area contributed by atoms with Crippen molar-refractivity contribution in [3.05, 3.63) is 60.2 Å². The molecule has 29 heavy (non-hydrogen) atoms. The molecule has 2 aromatic heterocycles. The molecule has 0 spiro atoms. The van der Waals surface area contributed by atoms with Crippen molar-refractivity contribution in [2.24, 2.45) is 0 Å². The van der Waals surface area contributed by atoms with Crippen LogP contribution in [0.2, 0.25) is 0 Å². The largest absolute Gasteiger partial charge is 0.497 e. The minimum atomic E-state index is -0.365. The van der Waals surface area contributed by atoms with Gasteiger partial charge in [-0.2, -0.15) is 0 Å². The standard InChI is InChI=1S/C21H24N4O4/c1-14(2)23-21(27)19-24-18(17-6-4-5-12-25(17)19)20(26)22-11-13-29-16-9-7-15(28-3)8-10-16/h4-10,12,14H,11,13H2,1-3H3,(H,22,26)(H,23,27). The van der Waals surface area contributed by atoms with E-state index in [1.807, 2.05) is 13.8 Å². The lowest BCUT2D eigenvalue weighted by Crippen LogP contribution is -2.32. The van der Waals surface area contributed by atoms with E-state index in [1.165, 1.54) is 0 Å². The number of ether oxygens (including phenoxy) is 2. The van der Waals surface area contributed by atoms with Crippen molar-refractivity contribution in [3.8, 4) is 11.5 Å². The number of aromatic nitrogens is 2. The van der Waals surface area contributed by atoms with Crippen molar-refractivity contribution in [2.45, 2.75) is 19.9 Å². The predicted octanol–water partition coefficient (Wildman–Crippen LogP) is 2.29. The summed E-state index contributed by atoms with van der Waals surface area (Å²) >= 11 is 0. The average Bonchev–Trinajstić information content (AvgIpc) is 3.11. The molecule has 2 N–H and O–H groups in total. The molecular formula is C21H24N4O4. The third-order valence-electron chi connectivity index (χ3n) is 4.10. The van der Waals surface area contributed by atoms with Crippen LogP contribution in [0.25, 0.3) is 5.52 Å². The van der Waals surface area contributed by atoms with E-state index in [-0.39, 0.29) is 29.4 Å². The van der Waals surface area contributed by atoms with E-state index >= 15 is 0 Å². The van der Waals surface area contributed by atoms with Crippen molar-refractivity contribution in [1.29, 1.82) is 0 Å². The van der Waals surface area contributed by atoms with Gasteiger partial charge in [0.1, 0.15) is 18.1 Å². The summed E-state index contributed by atoms with van der Waals surface area (Å²) < 4.78 is 12.3. The Kier molecular flexibility index (Phi) is 6.33. The number of pyridine rings is 1. The van der Waals surface area contributed by atoms with E-state index in [9.17, 15) is 9.59 Å². The second-order valence-corrected chi connectivity index (χ2v) is 6.65. The Bertz CT molecular complexity index is 996. The second kappa shape index (κ2) is 9.09. The molecule has 0 aliphatic carbocycles. The highest BCUT2D eigenvalue weighted by molar-refractivity contribution is 6.02. The molecule has 0 radical (unpaired) electrons. The van der Waals surface area contributed by atoms with E-state index < -0.39 is 0 Å². The Morgan fingerprint density at radius 1 is 1.07 bits per heavy atom. The summed E-state index contributed by atoms with van der Waals surface area (Å²) in [6.07, 6.45) is 1.71. The van der Waals surface area contributed by atoms with Gasteiger partial charge in [0.2, 0.25) is 5.82 Å². The Hall–Kier alpha value is -3.55. The second-order valence-electron chi connectivity index (χ2n) is 6.65. The first-order valence-corrected chi connectivity index (χ1v) is 9.32. The summed E-state index contributed by atoms with van der Waals surface area (Å²) in [7, 11) is 1.60. The van der Waals surface area contributed by atoms with Gasteiger partial charge in [-0.25, -0.2) is 4.98 Å². The van der Waals surface area contributed by atoms with Gasteiger partial charge >= 0.3 is 0 Å². The van der Waals surface area contributed by atoms with Crippen molar-refractivity contribution >= 4 is 17.3 Å². The monoisotopic (exact) mass is 396 g/mol. The number of hydrogen-bond donors (Lipinski definition) is 2. The lowest BCUT2D eigenvalue weighted by atomic mass is 10.3. The minimum absolute atomic E-state index is 0.0362. The predicted molar refractivity (Wildman–Crippen MR) is 109 cm³/mol. The number of fused-ring (bicyclic) bond motifs is 1. The van der Waals surface area contributed by atoms with Crippen LogP contribution in [0.3, 0.4) is 0 Å². The van der Waals surface area contributed by atoms with Crippen LogP contribution in [-0.2, 0) is 0 Å². The highest BCUT2D eigenvalue weighted by Crippen LogP contribution is 2.17. The summed E-state index contributed by atoms with van der Waals surface area (Å²) in [6, 6.07) is 12.5. The fraction of sp³-hybridized carbons (Fsp3) is 0.286. The zero-order valence-corrected chi connectivity index (χ0v) is 16.6. The summed E-state index contributed by atoms with van der Waals surface area (Å²) in [5.41, 5.74) is 0.763. The number of nitrogens with zero attached hydrogens (tertiary/aromatic N) is 2. The minimum Gasteiger partial charge on any atom is -0.497 e. The molecule has 0 fully saturated rings. The molecule has 0 aliphatic rings. The first-order valence-electron chi connectivity index (χ1n) is 9.32. The summed E-state index contributed by atoms with van der Waals surface area (Å²) in [4.78, 5) is 29.3. The molecule has 8 nitrogen and oxygen atoms in total. The molecule has 0 saturated carbocycles. The zero-order chi connectivity index (χ0) is 20.8. The van der Waals surface area contributed by atoms with Crippen LogP contribution in [0.5, 0.6) is 11.5 Å². The van der Waals surface area contributed by atoms with E-state index in [1.54, 1.807) is 60.2 Å². The first-order chi connectivity index (χ1) is 14.0. The third-order valence-corrected chi connectivity index (χ3v) is 4.10. The molecule has 8 heteroatoms. The number of benzene rings is 1. The van der Waals surface area contributed by atoms with Crippen LogP contribution in [0, 0.1) is 0 Å². The molecule has 3 aromatic rings. The maximum Gasteiger partial charge on any atom is 0.287 e. The molecule has 0 bridgehead atoms. The van der Waals surface area contributed by atoms with E-state index in [4.69, 9.17) is 9.47 Å². The number of carbonyl (C=O) groups is 2. The molecule has 0 aliphatic heterocycles. The Morgan fingerprint density at radius 2 is 1.79 bits per heavy atom. The smallest absolute Gasteiger partial charge is 0.287 e. The van der Waals surface area contributed by atoms with Crippen LogP contribution in [-0.4, -0.2) is 47.5 Å². The number of hydrogen-bond acceptors (Lipinski definition) is 5. The molecule has 2 heterocycles. The lowest BCUT2D eigenvalue weighted by Gasteiger charge is -2.08. The van der Waals surface area contributed by atoms with Crippen LogP contribution >= 0.6 is 0 Å². The normalized spacial score (nSPS) is 10.8. The van der Waals surface area contributed by atoms with Crippen LogP contribution < -0.4 is 20.1 Å². The maximum atomic E-state index is 12.6. The first kappa shape index (κ1) is 20.2. The SMILES string of the molecule is COc1ccc(OCCNC(=O)c2nc(C(=O)NC(C)C)n3ccccc23)cc1. The number of amides is 2. The van der Waals surface area contributed by atoms with Crippen molar-refractivity contribution in [1.82, 2.24) is 20.0 Å². The van der Waals surface area contributed by atoms with Gasteiger partial charge < -0.3 is 20.1 Å². The average molecular weight is 396 g/mol. The summed E-state index contributed by atoms with van der Waals surface area (Å²) in [6.45, 7) is 4.32. The lowest BCUT2D eigenvalue weighted by molar-refractivity contribution is 0.0932. The maximum absolute atomic E-state index is 12.6. The van der Waals surface area contributed by atoms with Gasteiger partial charge in [-0.15, -0.1) is 0 Å². The molecule has 0 unspecified atom stereocenters. The van der Waals surface area contributed by atoms with Gasteiger partial charge in [-0.05, 0) is 50.2 Å². The highest BCUT2D eigenvalue weighted by Gasteiger charge is 2.21. The number of methoxy groups -OCH3 is 1. The molecular weight excluding hydrogens is 372 g/mol.